The van der Waals surface area contributed by atoms with E-state index in [1.165, 1.54) is 89.9 Å². The summed E-state index contributed by atoms with van der Waals surface area (Å²) in [5, 5.41) is 0. The Bertz CT molecular complexity index is 220. The second kappa shape index (κ2) is 22.9. The van der Waals surface area contributed by atoms with Crippen LogP contribution in [0.1, 0.15) is 111 Å². The molecule has 0 aliphatic carbocycles. The largest absolute Gasteiger partial charge is 0.330 e. The van der Waals surface area contributed by atoms with Gasteiger partial charge in [-0.05, 0) is 58.5 Å². The fraction of sp³-hybridized carbons (Fsp3) is 1.00. The van der Waals surface area contributed by atoms with Gasteiger partial charge < -0.3 is 22.9 Å². The van der Waals surface area contributed by atoms with Crippen molar-refractivity contribution >= 4 is 0 Å². The Morgan fingerprint density at radius 1 is 0.462 bits per heavy atom. The first-order chi connectivity index (χ1) is 12.4. The summed E-state index contributed by atoms with van der Waals surface area (Å²) in [6.45, 7) is 8.18. The maximum atomic E-state index is 5.67. The molecule has 0 aliphatic rings. The van der Waals surface area contributed by atoms with Crippen LogP contribution in [0.15, 0.2) is 0 Å². The first-order valence-electron chi connectivity index (χ1n) is 11.3. The van der Waals surface area contributed by atoms with Crippen LogP contribution < -0.4 is 22.9 Å². The minimum Gasteiger partial charge on any atom is -0.330 e. The van der Waals surface area contributed by atoms with Gasteiger partial charge in [0.2, 0.25) is 0 Å². The summed E-state index contributed by atoms with van der Waals surface area (Å²) in [5.74, 6) is 0.864. The Hall–Kier alpha value is -0.160. The molecule has 0 spiro atoms. The molecule has 0 rings (SSSR count). The van der Waals surface area contributed by atoms with E-state index in [4.69, 9.17) is 22.9 Å². The van der Waals surface area contributed by atoms with Gasteiger partial charge in [-0.3, -0.25) is 0 Å². The Kier molecular flexibility index (Phi) is 24.7. The van der Waals surface area contributed by atoms with Gasteiger partial charge in [0, 0.05) is 12.1 Å². The lowest BCUT2D eigenvalue weighted by molar-refractivity contribution is 0.448. The van der Waals surface area contributed by atoms with E-state index in [2.05, 4.69) is 20.8 Å². The molecule has 0 fully saturated rings. The van der Waals surface area contributed by atoms with Crippen molar-refractivity contribution in [3.63, 3.8) is 0 Å². The van der Waals surface area contributed by atoms with Crippen molar-refractivity contribution in [2.75, 3.05) is 13.1 Å². The second-order valence-electron chi connectivity index (χ2n) is 8.33. The zero-order chi connectivity index (χ0) is 20.0. The van der Waals surface area contributed by atoms with E-state index in [0.29, 0.717) is 12.1 Å². The molecule has 160 valence electrons. The normalized spacial score (nSPS) is 13.4. The molecule has 0 heterocycles. The maximum Gasteiger partial charge on any atom is 0.00104 e. The smallest absolute Gasteiger partial charge is 0.00104 e. The van der Waals surface area contributed by atoms with E-state index in [-0.39, 0.29) is 0 Å². The summed E-state index contributed by atoms with van der Waals surface area (Å²) in [7, 11) is 0. The van der Waals surface area contributed by atoms with Crippen LogP contribution in [0.5, 0.6) is 0 Å². The van der Waals surface area contributed by atoms with Crippen molar-refractivity contribution in [1.29, 1.82) is 0 Å². The highest BCUT2D eigenvalue weighted by molar-refractivity contribution is 4.56. The van der Waals surface area contributed by atoms with E-state index >= 15 is 0 Å². The van der Waals surface area contributed by atoms with Gasteiger partial charge in [0.15, 0.2) is 0 Å². The van der Waals surface area contributed by atoms with Gasteiger partial charge >= 0.3 is 0 Å². The first kappa shape index (κ1) is 28.1. The molecule has 8 N–H and O–H groups in total. The molecule has 2 atom stereocenters. The van der Waals surface area contributed by atoms with Crippen molar-refractivity contribution in [3.05, 3.63) is 0 Å². The lowest BCUT2D eigenvalue weighted by atomic mass is 9.98. The lowest BCUT2D eigenvalue weighted by Gasteiger charge is -2.09. The number of hydrogen-bond donors (Lipinski definition) is 4. The van der Waals surface area contributed by atoms with Crippen LogP contribution in [0.3, 0.4) is 0 Å². The predicted octanol–water partition coefficient (Wildman–Crippen LogP) is 4.68. The molecule has 4 heteroatoms. The molecule has 0 saturated heterocycles. The minimum absolute atomic E-state index is 0.382. The molecule has 0 saturated carbocycles. The van der Waals surface area contributed by atoms with E-state index in [9.17, 15) is 0 Å². The van der Waals surface area contributed by atoms with Gasteiger partial charge in [-0.25, -0.2) is 0 Å². The number of unbranched alkanes of at least 4 members (excludes halogenated alkanes) is 7. The fourth-order valence-electron chi connectivity index (χ4n) is 3.06. The first-order valence-corrected chi connectivity index (χ1v) is 11.3. The van der Waals surface area contributed by atoms with Crippen LogP contribution in [-0.2, 0) is 0 Å². The number of hydrogen-bond acceptors (Lipinski definition) is 4. The monoisotopic (exact) mass is 372 g/mol. The Balaban J connectivity index is 0. The maximum absolute atomic E-state index is 5.67. The Labute approximate surface area is 165 Å². The van der Waals surface area contributed by atoms with Crippen molar-refractivity contribution in [2.24, 2.45) is 28.9 Å². The zero-order valence-electron chi connectivity index (χ0n) is 18.4. The fourth-order valence-corrected chi connectivity index (χ4v) is 3.06. The summed E-state index contributed by atoms with van der Waals surface area (Å²) in [6, 6.07) is 0.765. The van der Waals surface area contributed by atoms with Gasteiger partial charge in [-0.1, -0.05) is 71.1 Å². The molecule has 2 unspecified atom stereocenters. The van der Waals surface area contributed by atoms with Crippen molar-refractivity contribution < 1.29 is 0 Å². The van der Waals surface area contributed by atoms with Gasteiger partial charge in [0.1, 0.15) is 0 Å². The van der Waals surface area contributed by atoms with Gasteiger partial charge in [-0.2, -0.15) is 0 Å². The Morgan fingerprint density at radius 3 is 1.08 bits per heavy atom. The second-order valence-corrected chi connectivity index (χ2v) is 8.33. The highest BCUT2D eigenvalue weighted by atomic mass is 14.6. The molecule has 4 nitrogen and oxygen atoms in total. The Morgan fingerprint density at radius 2 is 0.769 bits per heavy atom. The molecule has 0 aromatic heterocycles. The molecule has 0 amide bonds. The zero-order valence-corrected chi connectivity index (χ0v) is 18.4. The third-order valence-corrected chi connectivity index (χ3v) is 4.87. The van der Waals surface area contributed by atoms with Crippen LogP contribution in [-0.4, -0.2) is 25.2 Å². The number of nitrogens with two attached hydrogens (primary N) is 4. The van der Waals surface area contributed by atoms with Crippen LogP contribution in [0.4, 0.5) is 0 Å². The summed E-state index contributed by atoms with van der Waals surface area (Å²) in [4.78, 5) is 0. The molecule has 0 aromatic rings. The highest BCUT2D eigenvalue weighted by Gasteiger charge is 2.00. The van der Waals surface area contributed by atoms with E-state index < -0.39 is 0 Å². The third kappa shape index (κ3) is 28.6. The summed E-state index contributed by atoms with van der Waals surface area (Å²) in [5.41, 5.74) is 22.2. The van der Waals surface area contributed by atoms with Crippen molar-refractivity contribution in [2.45, 2.75) is 123 Å². The van der Waals surface area contributed by atoms with Gasteiger partial charge in [-0.15, -0.1) is 0 Å². The average molecular weight is 373 g/mol. The molecule has 0 aliphatic heterocycles. The van der Waals surface area contributed by atoms with Crippen molar-refractivity contribution in [1.82, 2.24) is 0 Å². The van der Waals surface area contributed by atoms with E-state index in [1.807, 2.05) is 0 Å². The molecule has 0 radical (unpaired) electrons. The summed E-state index contributed by atoms with van der Waals surface area (Å²) >= 11 is 0. The summed E-state index contributed by atoms with van der Waals surface area (Å²) in [6.07, 6.45) is 18.0. The highest BCUT2D eigenvalue weighted by Crippen LogP contribution is 2.14. The number of rotatable bonds is 17. The van der Waals surface area contributed by atoms with Crippen LogP contribution >= 0.6 is 0 Å². The van der Waals surface area contributed by atoms with Crippen molar-refractivity contribution in [3.8, 4) is 0 Å². The van der Waals surface area contributed by atoms with E-state index in [0.717, 1.165) is 19.0 Å². The average Bonchev–Trinajstić information content (AvgIpc) is 2.58. The lowest BCUT2D eigenvalue weighted by Crippen LogP contribution is -2.14. The van der Waals surface area contributed by atoms with Gasteiger partial charge in [0.25, 0.3) is 0 Å². The van der Waals surface area contributed by atoms with E-state index in [1.54, 1.807) is 0 Å². The predicted molar refractivity (Wildman–Crippen MR) is 119 cm³/mol. The SMILES string of the molecule is CC(CCCCN)CCCCN.CC(N)CCCCCCCCC(C)N. The minimum atomic E-state index is 0.382. The van der Waals surface area contributed by atoms with Crippen LogP contribution in [0.25, 0.3) is 0 Å². The van der Waals surface area contributed by atoms with Gasteiger partial charge in [0.05, 0.1) is 0 Å². The molecule has 0 bridgehead atoms. The molecular weight excluding hydrogens is 320 g/mol. The summed E-state index contributed by atoms with van der Waals surface area (Å²) < 4.78 is 0. The molecule has 0 aromatic carbocycles. The molecule has 26 heavy (non-hydrogen) atoms. The molecular formula is C22H52N4. The topological polar surface area (TPSA) is 104 Å². The van der Waals surface area contributed by atoms with Crippen LogP contribution in [0, 0.1) is 5.92 Å². The standard InChI is InChI=1S/C12H28N2.C10H24N2/c1-11(13)9-7-5-3-4-6-8-10-12(2)14;1-10(6-2-4-8-11)7-3-5-9-12/h11-12H,3-10,13-14H2,1-2H3;10H,2-9,11-12H2,1H3. The quantitative estimate of drug-likeness (QED) is 0.278. The third-order valence-electron chi connectivity index (χ3n) is 4.87. The van der Waals surface area contributed by atoms with Crippen LogP contribution in [0.2, 0.25) is 0 Å².